The Morgan fingerprint density at radius 1 is 1.36 bits per heavy atom. The molecule has 0 amide bonds. The summed E-state index contributed by atoms with van der Waals surface area (Å²) in [5, 5.41) is 0. The molecule has 0 heterocycles. The highest BCUT2D eigenvalue weighted by molar-refractivity contribution is 5.66. The number of esters is 1. The van der Waals surface area contributed by atoms with Gasteiger partial charge in [-0.3, -0.25) is 4.79 Å². The summed E-state index contributed by atoms with van der Waals surface area (Å²) >= 11 is 0. The van der Waals surface area contributed by atoms with E-state index < -0.39 is 23.7 Å². The molecule has 2 nitrogen and oxygen atoms in total. The first-order valence-electron chi connectivity index (χ1n) is 4.13. The van der Waals surface area contributed by atoms with E-state index >= 15 is 0 Å². The summed E-state index contributed by atoms with van der Waals surface area (Å²) in [6.07, 6.45) is -0.567. The lowest BCUT2D eigenvalue weighted by Crippen LogP contribution is -2.05. The first-order valence-corrected chi connectivity index (χ1v) is 4.13. The Hall–Kier alpha value is -1.45. The molecule has 0 spiro atoms. The van der Waals surface area contributed by atoms with Crippen molar-refractivity contribution in [3.8, 4) is 0 Å². The monoisotopic (exact) mass is 200 g/mol. The van der Waals surface area contributed by atoms with E-state index in [9.17, 15) is 13.6 Å². The molecule has 0 bridgehead atoms. The van der Waals surface area contributed by atoms with Crippen molar-refractivity contribution < 1.29 is 18.3 Å². The number of rotatable bonds is 2. The molecular formula is C10H10F2O2. The first kappa shape index (κ1) is 10.6. The van der Waals surface area contributed by atoms with Crippen molar-refractivity contribution in [2.24, 2.45) is 0 Å². The minimum absolute atomic E-state index is 0.430. The number of hydrogen-bond donors (Lipinski definition) is 0. The van der Waals surface area contributed by atoms with Crippen molar-refractivity contribution in [1.29, 1.82) is 0 Å². The molecule has 1 aromatic rings. The predicted molar refractivity (Wildman–Crippen MR) is 46.5 cm³/mol. The zero-order valence-electron chi connectivity index (χ0n) is 7.88. The number of ether oxygens (including phenoxy) is 1. The molecule has 0 aliphatic carbocycles. The van der Waals surface area contributed by atoms with Crippen molar-refractivity contribution in [3.05, 3.63) is 35.4 Å². The molecule has 76 valence electrons. The summed E-state index contributed by atoms with van der Waals surface area (Å²) in [5.74, 6) is -2.31. The molecule has 0 radical (unpaired) electrons. The van der Waals surface area contributed by atoms with Crippen LogP contribution in [0.5, 0.6) is 0 Å². The van der Waals surface area contributed by atoms with Crippen molar-refractivity contribution in [2.45, 2.75) is 20.0 Å². The van der Waals surface area contributed by atoms with Crippen LogP contribution < -0.4 is 0 Å². The molecule has 14 heavy (non-hydrogen) atoms. The molecule has 0 aliphatic rings. The Labute approximate surface area is 80.5 Å². The minimum Gasteiger partial charge on any atom is -0.458 e. The van der Waals surface area contributed by atoms with Gasteiger partial charge in [0.15, 0.2) is 11.6 Å². The molecule has 1 unspecified atom stereocenters. The Morgan fingerprint density at radius 2 is 2.00 bits per heavy atom. The number of hydrogen-bond acceptors (Lipinski definition) is 2. The van der Waals surface area contributed by atoms with Crippen LogP contribution in [0.3, 0.4) is 0 Å². The smallest absolute Gasteiger partial charge is 0.303 e. The third kappa shape index (κ3) is 2.52. The van der Waals surface area contributed by atoms with Crippen molar-refractivity contribution in [3.63, 3.8) is 0 Å². The summed E-state index contributed by atoms with van der Waals surface area (Å²) in [6, 6.07) is 3.40. The van der Waals surface area contributed by atoms with E-state index in [1.54, 1.807) is 6.92 Å². The fraction of sp³-hybridized carbons (Fsp3) is 0.300. The first-order chi connectivity index (χ1) is 6.50. The fourth-order valence-electron chi connectivity index (χ4n) is 1.08. The average Bonchev–Trinajstić information content (AvgIpc) is 2.08. The quantitative estimate of drug-likeness (QED) is 0.686. The van der Waals surface area contributed by atoms with Gasteiger partial charge >= 0.3 is 5.97 Å². The van der Waals surface area contributed by atoms with E-state index in [-0.39, 0.29) is 0 Å². The van der Waals surface area contributed by atoms with Gasteiger partial charge < -0.3 is 4.74 Å². The SMILES string of the molecule is CC(=O)OC(C)c1ccc(F)c(F)c1. The Balaban J connectivity index is 2.85. The molecule has 0 saturated carbocycles. The number of benzene rings is 1. The van der Waals surface area contributed by atoms with Gasteiger partial charge in [-0.05, 0) is 24.6 Å². The number of carbonyl (C=O) groups excluding carboxylic acids is 1. The van der Waals surface area contributed by atoms with E-state index in [0.29, 0.717) is 5.56 Å². The molecule has 4 heteroatoms. The molecule has 1 aromatic carbocycles. The lowest BCUT2D eigenvalue weighted by atomic mass is 10.1. The summed E-state index contributed by atoms with van der Waals surface area (Å²) in [7, 11) is 0. The zero-order chi connectivity index (χ0) is 10.7. The van der Waals surface area contributed by atoms with E-state index in [0.717, 1.165) is 12.1 Å². The van der Waals surface area contributed by atoms with Gasteiger partial charge in [-0.2, -0.15) is 0 Å². The van der Waals surface area contributed by atoms with E-state index in [2.05, 4.69) is 0 Å². The molecule has 1 atom stereocenters. The largest absolute Gasteiger partial charge is 0.458 e. The van der Waals surface area contributed by atoms with Crippen molar-refractivity contribution >= 4 is 5.97 Å². The maximum absolute atomic E-state index is 12.8. The van der Waals surface area contributed by atoms with E-state index in [4.69, 9.17) is 4.74 Å². The van der Waals surface area contributed by atoms with Crippen molar-refractivity contribution in [1.82, 2.24) is 0 Å². The topological polar surface area (TPSA) is 26.3 Å². The molecule has 1 rings (SSSR count). The second-order valence-corrected chi connectivity index (χ2v) is 2.93. The van der Waals surface area contributed by atoms with Crippen LogP contribution >= 0.6 is 0 Å². The van der Waals surface area contributed by atoms with E-state index in [1.807, 2.05) is 0 Å². The van der Waals surface area contributed by atoms with Gasteiger partial charge in [-0.15, -0.1) is 0 Å². The second kappa shape index (κ2) is 4.17. The zero-order valence-corrected chi connectivity index (χ0v) is 7.88. The van der Waals surface area contributed by atoms with Crippen LogP contribution in [-0.2, 0) is 9.53 Å². The molecule has 0 fully saturated rings. The molecule has 0 aromatic heterocycles. The van der Waals surface area contributed by atoms with Crippen LogP contribution in [0.15, 0.2) is 18.2 Å². The summed E-state index contributed by atoms with van der Waals surface area (Å²) in [5.41, 5.74) is 0.430. The van der Waals surface area contributed by atoms with Gasteiger partial charge in [0.2, 0.25) is 0 Å². The Bertz CT molecular complexity index is 350. The lowest BCUT2D eigenvalue weighted by Gasteiger charge is -2.11. The van der Waals surface area contributed by atoms with Crippen LogP contribution in [0, 0.1) is 11.6 Å². The predicted octanol–water partition coefficient (Wildman–Crippen LogP) is 2.59. The van der Waals surface area contributed by atoms with Gasteiger partial charge in [0.25, 0.3) is 0 Å². The van der Waals surface area contributed by atoms with Gasteiger partial charge in [-0.25, -0.2) is 8.78 Å². The van der Waals surface area contributed by atoms with Crippen LogP contribution in [-0.4, -0.2) is 5.97 Å². The Kier molecular flexibility index (Phi) is 3.17. The highest BCUT2D eigenvalue weighted by Crippen LogP contribution is 2.19. The maximum Gasteiger partial charge on any atom is 0.303 e. The third-order valence-corrected chi connectivity index (χ3v) is 1.76. The molecule has 0 N–H and O–H groups in total. The Morgan fingerprint density at radius 3 is 2.50 bits per heavy atom. The lowest BCUT2D eigenvalue weighted by molar-refractivity contribution is -0.145. The van der Waals surface area contributed by atoms with Gasteiger partial charge in [0.05, 0.1) is 0 Å². The van der Waals surface area contributed by atoms with Crippen LogP contribution in [0.1, 0.15) is 25.5 Å². The highest BCUT2D eigenvalue weighted by atomic mass is 19.2. The maximum atomic E-state index is 12.8. The highest BCUT2D eigenvalue weighted by Gasteiger charge is 2.11. The van der Waals surface area contributed by atoms with Crippen LogP contribution in [0.4, 0.5) is 8.78 Å². The summed E-state index contributed by atoms with van der Waals surface area (Å²) in [4.78, 5) is 10.6. The third-order valence-electron chi connectivity index (χ3n) is 1.76. The van der Waals surface area contributed by atoms with Gasteiger partial charge in [-0.1, -0.05) is 6.07 Å². The fourth-order valence-corrected chi connectivity index (χ4v) is 1.08. The normalized spacial score (nSPS) is 12.3. The molecular weight excluding hydrogens is 190 g/mol. The van der Waals surface area contributed by atoms with Crippen LogP contribution in [0.2, 0.25) is 0 Å². The molecule has 0 aliphatic heterocycles. The average molecular weight is 200 g/mol. The minimum atomic E-state index is -0.943. The van der Waals surface area contributed by atoms with E-state index in [1.165, 1.54) is 13.0 Å². The molecule has 0 saturated heterocycles. The number of carbonyl (C=O) groups is 1. The summed E-state index contributed by atoms with van der Waals surface area (Å²) < 4.78 is 30.1. The second-order valence-electron chi connectivity index (χ2n) is 2.93. The van der Waals surface area contributed by atoms with Gasteiger partial charge in [0.1, 0.15) is 6.10 Å². The number of halogens is 2. The summed E-state index contributed by atoms with van der Waals surface area (Å²) in [6.45, 7) is 2.85. The standard InChI is InChI=1S/C10H10F2O2/c1-6(14-7(2)13)8-3-4-9(11)10(12)5-8/h3-6H,1-2H3. The van der Waals surface area contributed by atoms with Crippen molar-refractivity contribution in [2.75, 3.05) is 0 Å². The van der Waals surface area contributed by atoms with Crippen LogP contribution in [0.25, 0.3) is 0 Å². The van der Waals surface area contributed by atoms with Gasteiger partial charge in [0, 0.05) is 6.92 Å².